The second-order valence-electron chi connectivity index (χ2n) is 7.05. The fourth-order valence-electron chi connectivity index (χ4n) is 2.53. The van der Waals surface area contributed by atoms with Gasteiger partial charge in [-0.05, 0) is 35.7 Å². The van der Waals surface area contributed by atoms with Crippen LogP contribution in [0.1, 0.15) is 37.6 Å². The maximum atomic E-state index is 12.4. The maximum absolute atomic E-state index is 12.4. The smallest absolute Gasteiger partial charge is 0.259 e. The average Bonchev–Trinajstić information content (AvgIpc) is 2.61. The molecule has 1 heterocycles. The molecule has 2 aromatic rings. The maximum Gasteiger partial charge on any atom is 0.259 e. The summed E-state index contributed by atoms with van der Waals surface area (Å²) < 4.78 is 5.82. The van der Waals surface area contributed by atoms with Gasteiger partial charge in [-0.25, -0.2) is 0 Å². The molecule has 0 atom stereocenters. The number of amides is 2. The summed E-state index contributed by atoms with van der Waals surface area (Å²) in [5.74, 6) is 0.711. The summed E-state index contributed by atoms with van der Waals surface area (Å²) in [6.45, 7) is 6.01. The minimum absolute atomic E-state index is 0.0827. The van der Waals surface area contributed by atoms with E-state index in [1.54, 1.807) is 30.3 Å². The number of rotatable bonds is 2. The van der Waals surface area contributed by atoms with Crippen molar-refractivity contribution in [2.75, 3.05) is 10.6 Å². The van der Waals surface area contributed by atoms with Crippen molar-refractivity contribution in [1.29, 1.82) is 0 Å². The number of hydrogen-bond donors (Lipinski definition) is 2. The molecule has 1 aliphatic rings. The monoisotopic (exact) mass is 324 g/mol. The third-order valence-corrected chi connectivity index (χ3v) is 3.55. The van der Waals surface area contributed by atoms with Gasteiger partial charge in [-0.1, -0.05) is 32.9 Å². The van der Waals surface area contributed by atoms with E-state index in [-0.39, 0.29) is 17.2 Å². The van der Waals surface area contributed by atoms with Gasteiger partial charge in [0, 0.05) is 12.1 Å². The van der Waals surface area contributed by atoms with Crippen LogP contribution in [-0.4, -0.2) is 11.8 Å². The van der Waals surface area contributed by atoms with Crippen LogP contribution in [0.25, 0.3) is 0 Å². The summed E-state index contributed by atoms with van der Waals surface area (Å²) in [4.78, 5) is 24.5. The van der Waals surface area contributed by atoms with Crippen LogP contribution >= 0.6 is 0 Å². The number of anilines is 2. The molecule has 5 heteroatoms. The molecule has 0 spiro atoms. The summed E-state index contributed by atoms with van der Waals surface area (Å²) in [5, 5.41) is 5.66. The van der Waals surface area contributed by atoms with Gasteiger partial charge in [0.25, 0.3) is 5.91 Å². The second-order valence-corrected chi connectivity index (χ2v) is 7.05. The summed E-state index contributed by atoms with van der Waals surface area (Å²) in [6.07, 6.45) is 0.401. The predicted octanol–water partition coefficient (Wildman–Crippen LogP) is 4.42. The second kappa shape index (κ2) is 6.00. The molecule has 2 aromatic carbocycles. The Hall–Kier alpha value is -2.82. The van der Waals surface area contributed by atoms with Crippen molar-refractivity contribution in [2.24, 2.45) is 5.41 Å². The van der Waals surface area contributed by atoms with Crippen LogP contribution in [0.4, 0.5) is 11.4 Å². The molecule has 1 aliphatic heterocycles. The highest BCUT2D eigenvalue weighted by Crippen LogP contribution is 2.36. The first-order chi connectivity index (χ1) is 11.3. The van der Waals surface area contributed by atoms with Crippen LogP contribution < -0.4 is 15.4 Å². The molecule has 5 nitrogen and oxygen atoms in total. The topological polar surface area (TPSA) is 67.4 Å². The summed E-state index contributed by atoms with van der Waals surface area (Å²) in [7, 11) is 0. The van der Waals surface area contributed by atoms with E-state index < -0.39 is 0 Å². The van der Waals surface area contributed by atoms with Crippen molar-refractivity contribution in [2.45, 2.75) is 27.2 Å². The number of nitrogens with one attached hydrogen (secondary N) is 2. The molecule has 0 aliphatic carbocycles. The largest absolute Gasteiger partial charge is 0.454 e. The van der Waals surface area contributed by atoms with Crippen molar-refractivity contribution in [3.8, 4) is 11.5 Å². The van der Waals surface area contributed by atoms with Gasteiger partial charge in [0.15, 0.2) is 5.75 Å². The van der Waals surface area contributed by atoms with Crippen LogP contribution in [0.2, 0.25) is 0 Å². The Morgan fingerprint density at radius 2 is 1.88 bits per heavy atom. The van der Waals surface area contributed by atoms with Crippen molar-refractivity contribution in [3.05, 3.63) is 48.0 Å². The van der Waals surface area contributed by atoms with Gasteiger partial charge >= 0.3 is 0 Å². The molecule has 0 saturated heterocycles. The molecule has 0 bridgehead atoms. The van der Waals surface area contributed by atoms with Gasteiger partial charge in [-0.3, -0.25) is 9.59 Å². The lowest BCUT2D eigenvalue weighted by Crippen LogP contribution is -2.20. The number of carbonyl (C=O) groups is 2. The Balaban J connectivity index is 1.85. The van der Waals surface area contributed by atoms with Crippen molar-refractivity contribution in [3.63, 3.8) is 0 Å². The van der Waals surface area contributed by atoms with Gasteiger partial charge in [0.05, 0.1) is 11.3 Å². The molecule has 0 saturated carbocycles. The first kappa shape index (κ1) is 16.1. The van der Waals surface area contributed by atoms with E-state index in [0.717, 1.165) is 0 Å². The van der Waals surface area contributed by atoms with Crippen LogP contribution in [0, 0.1) is 5.41 Å². The van der Waals surface area contributed by atoms with Crippen LogP contribution in [-0.2, 0) is 4.79 Å². The normalized spacial score (nSPS) is 13.0. The minimum atomic E-state index is -0.262. The van der Waals surface area contributed by atoms with Crippen LogP contribution in [0.5, 0.6) is 11.5 Å². The molecule has 0 aromatic heterocycles. The number of hydrogen-bond acceptors (Lipinski definition) is 3. The lowest BCUT2D eigenvalue weighted by molar-refractivity contribution is -0.117. The number of benzene rings is 2. The lowest BCUT2D eigenvalue weighted by atomic mass is 9.92. The first-order valence-corrected chi connectivity index (χ1v) is 7.84. The molecule has 24 heavy (non-hydrogen) atoms. The van der Waals surface area contributed by atoms with Crippen molar-refractivity contribution in [1.82, 2.24) is 0 Å². The molecule has 3 rings (SSSR count). The molecule has 0 fully saturated rings. The highest BCUT2D eigenvalue weighted by molar-refractivity contribution is 6.09. The van der Waals surface area contributed by atoms with Crippen LogP contribution in [0.3, 0.4) is 0 Å². The van der Waals surface area contributed by atoms with E-state index >= 15 is 0 Å². The first-order valence-electron chi connectivity index (χ1n) is 7.84. The van der Waals surface area contributed by atoms with E-state index in [4.69, 9.17) is 4.74 Å². The highest BCUT2D eigenvalue weighted by atomic mass is 16.5. The van der Waals surface area contributed by atoms with Gasteiger partial charge in [0.2, 0.25) is 5.91 Å². The fraction of sp³-hybridized carbons (Fsp3) is 0.263. The van der Waals surface area contributed by atoms with E-state index in [0.29, 0.717) is 34.9 Å². The van der Waals surface area contributed by atoms with E-state index in [9.17, 15) is 9.59 Å². The summed E-state index contributed by atoms with van der Waals surface area (Å²) in [5.41, 5.74) is 1.49. The zero-order valence-electron chi connectivity index (χ0n) is 14.0. The number of ether oxygens (including phenoxy) is 1. The molecule has 0 unspecified atom stereocenters. The van der Waals surface area contributed by atoms with Gasteiger partial charge in [0.1, 0.15) is 5.75 Å². The van der Waals surface area contributed by atoms with Gasteiger partial charge in [-0.15, -0.1) is 0 Å². The SMILES string of the molecule is CC(C)(C)CC(=O)Nc1ccc2c(c1)C(=O)Nc1ccccc1O2. The fourth-order valence-corrected chi connectivity index (χ4v) is 2.53. The van der Waals surface area contributed by atoms with Gasteiger partial charge in [-0.2, -0.15) is 0 Å². The van der Waals surface area contributed by atoms with E-state index in [2.05, 4.69) is 10.6 Å². The minimum Gasteiger partial charge on any atom is -0.454 e. The predicted molar refractivity (Wildman–Crippen MR) is 93.6 cm³/mol. The number of fused-ring (bicyclic) bond motifs is 2. The Morgan fingerprint density at radius 3 is 2.62 bits per heavy atom. The standard InChI is InChI=1S/C19H20N2O3/c1-19(2,3)11-17(22)20-12-8-9-15-13(10-12)18(23)21-14-6-4-5-7-16(14)24-15/h4-10H,11H2,1-3H3,(H,20,22)(H,21,23). The lowest BCUT2D eigenvalue weighted by Gasteiger charge is -2.17. The highest BCUT2D eigenvalue weighted by Gasteiger charge is 2.22. The molecular formula is C19H20N2O3. The van der Waals surface area contributed by atoms with Gasteiger partial charge < -0.3 is 15.4 Å². The Labute approximate surface area is 141 Å². The molecular weight excluding hydrogens is 304 g/mol. The molecule has 2 amide bonds. The van der Waals surface area contributed by atoms with Crippen molar-refractivity contribution >= 4 is 23.2 Å². The zero-order chi connectivity index (χ0) is 17.3. The molecule has 124 valence electrons. The van der Waals surface area contributed by atoms with E-state index in [1.807, 2.05) is 32.9 Å². The summed E-state index contributed by atoms with van der Waals surface area (Å²) >= 11 is 0. The Morgan fingerprint density at radius 1 is 1.12 bits per heavy atom. The number of carbonyl (C=O) groups excluding carboxylic acids is 2. The van der Waals surface area contributed by atoms with Crippen LogP contribution in [0.15, 0.2) is 42.5 Å². The average molecular weight is 324 g/mol. The van der Waals surface area contributed by atoms with E-state index in [1.165, 1.54) is 0 Å². The molecule has 0 radical (unpaired) electrons. The number of para-hydroxylation sites is 2. The quantitative estimate of drug-likeness (QED) is 0.859. The zero-order valence-corrected chi connectivity index (χ0v) is 14.0. The van der Waals surface area contributed by atoms with Crippen molar-refractivity contribution < 1.29 is 14.3 Å². The summed E-state index contributed by atoms with van der Waals surface area (Å²) in [6, 6.07) is 12.3. The third-order valence-electron chi connectivity index (χ3n) is 3.55. The molecule has 2 N–H and O–H groups in total. The Bertz CT molecular complexity index is 806. The Kier molecular flexibility index (Phi) is 4.01. The third kappa shape index (κ3) is 3.56.